The summed E-state index contributed by atoms with van der Waals surface area (Å²) in [6, 6.07) is 9.95. The number of amides is 1. The van der Waals surface area contributed by atoms with Gasteiger partial charge in [0.2, 0.25) is 11.8 Å². The van der Waals surface area contributed by atoms with Gasteiger partial charge in [-0.1, -0.05) is 38.8 Å². The van der Waals surface area contributed by atoms with E-state index in [0.717, 1.165) is 60.0 Å². The zero-order valence-electron chi connectivity index (χ0n) is 18.2. The van der Waals surface area contributed by atoms with E-state index in [9.17, 15) is 4.79 Å². The summed E-state index contributed by atoms with van der Waals surface area (Å²) in [4.78, 5) is 24.8. The normalized spacial score (nSPS) is 12.1. The molecule has 2 heterocycles. The second kappa shape index (κ2) is 10.8. The molecule has 2 aromatic heterocycles. The summed E-state index contributed by atoms with van der Waals surface area (Å²) in [5.74, 6) is 0.342. The fraction of sp³-hybridized carbons (Fsp3) is 0.458. The lowest BCUT2D eigenvalue weighted by molar-refractivity contribution is -0.122. The maximum atomic E-state index is 12.8. The minimum Gasteiger partial charge on any atom is -0.477 e. The molecule has 0 aliphatic rings. The number of carbonyl (C=O) groups excluding carboxylic acids is 1. The van der Waals surface area contributed by atoms with Gasteiger partial charge in [0.1, 0.15) is 0 Å². The van der Waals surface area contributed by atoms with Crippen LogP contribution in [0, 0.1) is 0 Å². The summed E-state index contributed by atoms with van der Waals surface area (Å²) in [6.07, 6.45) is 6.90. The van der Waals surface area contributed by atoms with Gasteiger partial charge in [-0.15, -0.1) is 0 Å². The van der Waals surface area contributed by atoms with Gasteiger partial charge in [-0.2, -0.15) is 0 Å². The number of nitrogens with one attached hydrogen (secondary N) is 2. The molecular weight excluding hydrogens is 376 g/mol. The maximum absolute atomic E-state index is 12.8. The third kappa shape index (κ3) is 5.59. The van der Waals surface area contributed by atoms with Crippen molar-refractivity contribution in [2.75, 3.05) is 6.61 Å². The Labute approximate surface area is 178 Å². The van der Waals surface area contributed by atoms with Crippen molar-refractivity contribution in [3.05, 3.63) is 53.5 Å². The van der Waals surface area contributed by atoms with Crippen molar-refractivity contribution in [3.63, 3.8) is 0 Å². The third-order valence-corrected chi connectivity index (χ3v) is 5.31. The minimum atomic E-state index is -0.271. The Morgan fingerprint density at radius 3 is 2.80 bits per heavy atom. The number of hydrogen-bond donors (Lipinski definition) is 2. The lowest BCUT2D eigenvalue weighted by atomic mass is 9.99. The molecule has 30 heavy (non-hydrogen) atoms. The summed E-state index contributed by atoms with van der Waals surface area (Å²) in [5, 5.41) is 3.05. The number of aromatic amines is 1. The molecule has 0 aliphatic heterocycles. The highest BCUT2D eigenvalue weighted by atomic mass is 16.5. The first kappa shape index (κ1) is 21.8. The van der Waals surface area contributed by atoms with E-state index in [0.29, 0.717) is 19.0 Å². The molecule has 3 aromatic rings. The van der Waals surface area contributed by atoms with Crippen LogP contribution in [0.2, 0.25) is 0 Å². The number of hydrogen-bond acceptors (Lipinski definition) is 4. The average Bonchev–Trinajstić information content (AvgIpc) is 3.24. The van der Waals surface area contributed by atoms with E-state index >= 15 is 0 Å². The van der Waals surface area contributed by atoms with Gasteiger partial charge in [-0.25, -0.2) is 9.97 Å². The Kier molecular flexibility index (Phi) is 7.82. The van der Waals surface area contributed by atoms with Crippen molar-refractivity contribution < 1.29 is 9.53 Å². The number of H-pyrrole nitrogens is 1. The number of benzene rings is 1. The molecule has 6 heteroatoms. The van der Waals surface area contributed by atoms with Gasteiger partial charge in [0.25, 0.3) is 0 Å². The molecule has 1 unspecified atom stereocenters. The number of unbranched alkanes of at least 4 members (excludes halogenated alkanes) is 2. The van der Waals surface area contributed by atoms with Gasteiger partial charge >= 0.3 is 0 Å². The van der Waals surface area contributed by atoms with Crippen molar-refractivity contribution in [1.82, 2.24) is 20.3 Å². The molecular formula is C24H32N4O2. The zero-order chi connectivity index (χ0) is 21.3. The van der Waals surface area contributed by atoms with Crippen molar-refractivity contribution in [3.8, 4) is 5.88 Å². The predicted octanol–water partition coefficient (Wildman–Crippen LogP) is 4.90. The molecule has 160 valence electrons. The van der Waals surface area contributed by atoms with Gasteiger partial charge in [0, 0.05) is 17.8 Å². The lowest BCUT2D eigenvalue weighted by Gasteiger charge is -2.15. The molecule has 1 atom stereocenters. The number of imidazole rings is 1. The highest BCUT2D eigenvalue weighted by molar-refractivity contribution is 5.85. The molecule has 0 radical (unpaired) electrons. The largest absolute Gasteiger partial charge is 0.477 e. The number of fused-ring (bicyclic) bond motifs is 1. The number of aryl methyl sites for hydroxylation is 1. The van der Waals surface area contributed by atoms with Crippen molar-refractivity contribution in [1.29, 1.82) is 0 Å². The van der Waals surface area contributed by atoms with Gasteiger partial charge in [0.05, 0.1) is 29.9 Å². The number of aromatic nitrogens is 3. The molecule has 0 spiro atoms. The quantitative estimate of drug-likeness (QED) is 0.442. The fourth-order valence-corrected chi connectivity index (χ4v) is 3.28. The monoisotopic (exact) mass is 408 g/mol. The molecule has 3 rings (SSSR count). The highest BCUT2D eigenvalue weighted by Gasteiger charge is 2.17. The lowest BCUT2D eigenvalue weighted by Crippen LogP contribution is -2.28. The summed E-state index contributed by atoms with van der Waals surface area (Å²) in [5.41, 5.74) is 4.73. The smallest absolute Gasteiger partial charge is 0.227 e. The minimum absolute atomic E-state index is 0.0283. The first-order valence-electron chi connectivity index (χ1n) is 10.9. The van der Waals surface area contributed by atoms with E-state index in [1.807, 2.05) is 37.3 Å². The van der Waals surface area contributed by atoms with E-state index in [2.05, 4.69) is 29.1 Å². The van der Waals surface area contributed by atoms with Crippen LogP contribution in [0.1, 0.15) is 69.2 Å². The van der Waals surface area contributed by atoms with Crippen LogP contribution in [0.15, 0.2) is 36.7 Å². The Balaban J connectivity index is 1.66. The summed E-state index contributed by atoms with van der Waals surface area (Å²) in [6.45, 7) is 7.26. The molecule has 6 nitrogen and oxygen atoms in total. The van der Waals surface area contributed by atoms with Crippen LogP contribution < -0.4 is 10.1 Å². The topological polar surface area (TPSA) is 79.9 Å². The average molecular weight is 409 g/mol. The summed E-state index contributed by atoms with van der Waals surface area (Å²) in [7, 11) is 0. The fourth-order valence-electron chi connectivity index (χ4n) is 3.28. The third-order valence-electron chi connectivity index (χ3n) is 5.31. The molecule has 0 bridgehead atoms. The molecule has 1 aromatic carbocycles. The number of nitrogens with zero attached hydrogens (tertiary/aromatic N) is 2. The van der Waals surface area contributed by atoms with E-state index in [1.165, 1.54) is 0 Å². The molecule has 2 N–H and O–H groups in total. The second-order valence-corrected chi connectivity index (χ2v) is 7.69. The zero-order valence-corrected chi connectivity index (χ0v) is 18.2. The van der Waals surface area contributed by atoms with E-state index in [1.54, 1.807) is 6.33 Å². The van der Waals surface area contributed by atoms with Crippen molar-refractivity contribution >= 4 is 16.9 Å². The van der Waals surface area contributed by atoms with Gasteiger partial charge in [0.15, 0.2) is 0 Å². The van der Waals surface area contributed by atoms with Crippen LogP contribution in [0.25, 0.3) is 11.0 Å². The number of rotatable bonds is 11. The highest BCUT2D eigenvalue weighted by Crippen LogP contribution is 2.21. The first-order chi connectivity index (χ1) is 14.6. The maximum Gasteiger partial charge on any atom is 0.227 e. The Morgan fingerprint density at radius 1 is 1.17 bits per heavy atom. The van der Waals surface area contributed by atoms with Crippen molar-refractivity contribution in [2.45, 2.75) is 65.3 Å². The molecule has 0 fully saturated rings. The van der Waals surface area contributed by atoms with Gasteiger partial charge in [-0.05, 0) is 49.9 Å². The van der Waals surface area contributed by atoms with Crippen LogP contribution in [0.3, 0.4) is 0 Å². The Bertz CT molecular complexity index is 967. The van der Waals surface area contributed by atoms with Crippen LogP contribution in [-0.4, -0.2) is 27.5 Å². The van der Waals surface area contributed by atoms with Crippen LogP contribution >= 0.6 is 0 Å². The van der Waals surface area contributed by atoms with E-state index in [-0.39, 0.29) is 11.8 Å². The van der Waals surface area contributed by atoms with Crippen LogP contribution in [-0.2, 0) is 17.8 Å². The summed E-state index contributed by atoms with van der Waals surface area (Å²) < 4.78 is 5.94. The van der Waals surface area contributed by atoms with Crippen molar-refractivity contribution in [2.24, 2.45) is 0 Å². The second-order valence-electron chi connectivity index (χ2n) is 7.69. The van der Waals surface area contributed by atoms with Crippen LogP contribution in [0.4, 0.5) is 0 Å². The van der Waals surface area contributed by atoms with Gasteiger partial charge in [-0.3, -0.25) is 4.79 Å². The molecule has 0 saturated carbocycles. The Hall–Kier alpha value is -2.89. The summed E-state index contributed by atoms with van der Waals surface area (Å²) >= 11 is 0. The van der Waals surface area contributed by atoms with Gasteiger partial charge < -0.3 is 15.0 Å². The molecule has 1 amide bonds. The van der Waals surface area contributed by atoms with E-state index in [4.69, 9.17) is 9.72 Å². The number of pyridine rings is 1. The first-order valence-corrected chi connectivity index (χ1v) is 10.9. The Morgan fingerprint density at radius 2 is 2.00 bits per heavy atom. The van der Waals surface area contributed by atoms with Crippen LogP contribution in [0.5, 0.6) is 5.88 Å². The SMILES string of the molecule is CCCCOc1nc(CCCC)ccc1CNC(=O)C(C)c1ccc2[nH]cnc2c1. The molecule has 0 saturated heterocycles. The number of ether oxygens (including phenoxy) is 1. The predicted molar refractivity (Wildman–Crippen MR) is 120 cm³/mol. The van der Waals surface area contributed by atoms with E-state index < -0.39 is 0 Å². The molecule has 0 aliphatic carbocycles. The standard InChI is InChI=1S/C24H32N4O2/c1-4-6-8-20-11-9-19(24(28-20)30-13-7-5-2)15-25-23(29)17(3)18-10-12-21-22(14-18)27-16-26-21/h9-12,14,16-17H,4-8,13,15H2,1-3H3,(H,25,29)(H,26,27). The number of carbonyl (C=O) groups is 1.